The Hall–Kier alpha value is -3.79. The second kappa shape index (κ2) is 20.2. The first kappa shape index (κ1) is 39.2. The molecule has 0 saturated heterocycles. The monoisotopic (exact) mass is 615 g/mol. The summed E-state index contributed by atoms with van der Waals surface area (Å²) < 4.78 is 0. The van der Waals surface area contributed by atoms with E-state index in [1.54, 1.807) is 27.7 Å². The van der Waals surface area contributed by atoms with Crippen LogP contribution in [-0.2, 0) is 33.6 Å². The summed E-state index contributed by atoms with van der Waals surface area (Å²) in [7, 11) is 0. The first-order valence-electron chi connectivity index (χ1n) is 14.5. The van der Waals surface area contributed by atoms with E-state index in [0.29, 0.717) is 25.8 Å². The van der Waals surface area contributed by atoms with Gasteiger partial charge in [0.2, 0.25) is 29.5 Å². The zero-order chi connectivity index (χ0) is 33.3. The molecule has 5 amide bonds. The van der Waals surface area contributed by atoms with Crippen molar-refractivity contribution in [3.05, 3.63) is 0 Å². The fourth-order valence-corrected chi connectivity index (χ4v) is 3.90. The highest BCUT2D eigenvalue weighted by Gasteiger charge is 2.34. The molecular weight excluding hydrogens is 566 g/mol. The van der Waals surface area contributed by atoms with Crippen LogP contribution in [0, 0.1) is 11.8 Å². The molecule has 246 valence electrons. The number of amides is 5. The van der Waals surface area contributed by atoms with E-state index in [1.165, 1.54) is 0 Å². The Balaban J connectivity index is 5.99. The van der Waals surface area contributed by atoms with Crippen molar-refractivity contribution in [3.63, 3.8) is 0 Å². The highest BCUT2D eigenvalue weighted by molar-refractivity contribution is 5.95. The molecule has 16 heteroatoms. The Kier molecular flexibility index (Phi) is 18.4. The number of carboxylic acid groups (broad SMARTS) is 2. The maximum Gasteiger partial charge on any atom is 0.326 e. The Morgan fingerprint density at radius 3 is 1.70 bits per heavy atom. The fraction of sp³-hybridized carbons (Fsp3) is 0.741. The summed E-state index contributed by atoms with van der Waals surface area (Å²) in [5, 5.41) is 28.2. The first-order valence-corrected chi connectivity index (χ1v) is 14.5. The van der Waals surface area contributed by atoms with Crippen LogP contribution >= 0.6 is 0 Å². The molecule has 43 heavy (non-hydrogen) atoms. The van der Waals surface area contributed by atoms with Crippen LogP contribution < -0.4 is 38.5 Å². The Morgan fingerprint density at radius 1 is 0.698 bits per heavy atom. The van der Waals surface area contributed by atoms with Crippen molar-refractivity contribution in [2.24, 2.45) is 29.0 Å². The first-order chi connectivity index (χ1) is 20.0. The zero-order valence-electron chi connectivity index (χ0n) is 25.4. The molecule has 16 nitrogen and oxygen atoms in total. The molecule has 6 unspecified atom stereocenters. The summed E-state index contributed by atoms with van der Waals surface area (Å²) in [6.07, 6.45) is 0.202. The lowest BCUT2D eigenvalue weighted by molar-refractivity contribution is -0.143. The second-order valence-corrected chi connectivity index (χ2v) is 10.9. The Labute approximate surface area is 251 Å². The van der Waals surface area contributed by atoms with Crippen molar-refractivity contribution in [1.29, 1.82) is 0 Å². The number of primary amides is 1. The topological polar surface area (TPSA) is 286 Å². The number of hydrogen-bond acceptors (Lipinski definition) is 9. The van der Waals surface area contributed by atoms with E-state index in [1.807, 2.05) is 0 Å². The minimum absolute atomic E-state index is 0.189. The smallest absolute Gasteiger partial charge is 0.326 e. The molecule has 12 N–H and O–H groups in total. The van der Waals surface area contributed by atoms with Crippen LogP contribution in [0.1, 0.15) is 79.1 Å². The molecule has 0 saturated carbocycles. The molecule has 0 aliphatic carbocycles. The van der Waals surface area contributed by atoms with Crippen LogP contribution in [0.4, 0.5) is 0 Å². The third kappa shape index (κ3) is 15.3. The Bertz CT molecular complexity index is 976. The SMILES string of the molecule is CCC(C)C(NC(=O)C(CCC(N)=O)NC(=O)C(CCCCN)NC(=O)C(N)C(C)C)C(=O)NC(CCC(=O)O)C(=O)O. The molecule has 0 aliphatic rings. The molecule has 0 radical (unpaired) electrons. The number of hydrogen-bond donors (Lipinski definition) is 9. The number of carbonyl (C=O) groups excluding carboxylic acids is 5. The number of carboxylic acids is 2. The van der Waals surface area contributed by atoms with Gasteiger partial charge < -0.3 is 48.7 Å². The maximum absolute atomic E-state index is 13.4. The van der Waals surface area contributed by atoms with Crippen LogP contribution in [-0.4, -0.2) is 88.4 Å². The van der Waals surface area contributed by atoms with E-state index in [-0.39, 0.29) is 31.6 Å². The lowest BCUT2D eigenvalue weighted by Gasteiger charge is -2.28. The zero-order valence-corrected chi connectivity index (χ0v) is 25.4. The molecule has 0 rings (SSSR count). The normalized spacial score (nSPS) is 15.2. The number of aliphatic carboxylic acids is 2. The van der Waals surface area contributed by atoms with Crippen LogP contribution in [0.15, 0.2) is 0 Å². The molecule has 0 aliphatic heterocycles. The number of nitrogens with one attached hydrogen (secondary N) is 4. The molecular formula is C27H49N7O9. The third-order valence-electron chi connectivity index (χ3n) is 6.97. The molecule has 0 spiro atoms. The fourth-order valence-electron chi connectivity index (χ4n) is 3.90. The van der Waals surface area contributed by atoms with Crippen molar-refractivity contribution >= 4 is 41.5 Å². The number of rotatable bonds is 22. The summed E-state index contributed by atoms with van der Waals surface area (Å²) in [6.45, 7) is 7.21. The molecule has 0 aromatic carbocycles. The van der Waals surface area contributed by atoms with Gasteiger partial charge in [0.25, 0.3) is 0 Å². The van der Waals surface area contributed by atoms with Gasteiger partial charge in [-0.15, -0.1) is 0 Å². The van der Waals surface area contributed by atoms with Gasteiger partial charge in [0.1, 0.15) is 24.2 Å². The van der Waals surface area contributed by atoms with Gasteiger partial charge in [-0.3, -0.25) is 28.8 Å². The van der Waals surface area contributed by atoms with E-state index in [4.69, 9.17) is 22.3 Å². The van der Waals surface area contributed by atoms with Gasteiger partial charge in [0.15, 0.2) is 0 Å². The van der Waals surface area contributed by atoms with Crippen LogP contribution in [0.25, 0.3) is 0 Å². The van der Waals surface area contributed by atoms with Gasteiger partial charge in [-0.2, -0.15) is 0 Å². The van der Waals surface area contributed by atoms with Crippen LogP contribution in [0.3, 0.4) is 0 Å². The number of unbranched alkanes of at least 4 members (excludes halogenated alkanes) is 1. The average molecular weight is 616 g/mol. The Morgan fingerprint density at radius 2 is 1.21 bits per heavy atom. The molecule has 0 aromatic rings. The second-order valence-electron chi connectivity index (χ2n) is 10.9. The highest BCUT2D eigenvalue weighted by atomic mass is 16.4. The minimum Gasteiger partial charge on any atom is -0.481 e. The largest absolute Gasteiger partial charge is 0.481 e. The quantitative estimate of drug-likeness (QED) is 0.0618. The van der Waals surface area contributed by atoms with Crippen molar-refractivity contribution < 1.29 is 43.8 Å². The van der Waals surface area contributed by atoms with Crippen LogP contribution in [0.5, 0.6) is 0 Å². The van der Waals surface area contributed by atoms with Crippen molar-refractivity contribution in [2.45, 2.75) is 109 Å². The number of nitrogens with two attached hydrogens (primary N) is 3. The van der Waals surface area contributed by atoms with E-state index in [9.17, 15) is 38.7 Å². The van der Waals surface area contributed by atoms with E-state index in [0.717, 1.165) is 0 Å². The van der Waals surface area contributed by atoms with Gasteiger partial charge in [0.05, 0.1) is 6.04 Å². The predicted octanol–water partition coefficient (Wildman–Crippen LogP) is -1.70. The van der Waals surface area contributed by atoms with Crippen LogP contribution in [0.2, 0.25) is 0 Å². The maximum atomic E-state index is 13.4. The van der Waals surface area contributed by atoms with Gasteiger partial charge in [-0.25, -0.2) is 4.79 Å². The average Bonchev–Trinajstić information content (AvgIpc) is 2.93. The van der Waals surface area contributed by atoms with E-state index >= 15 is 0 Å². The molecule has 6 atom stereocenters. The lowest BCUT2D eigenvalue weighted by atomic mass is 9.96. The van der Waals surface area contributed by atoms with Gasteiger partial charge in [-0.1, -0.05) is 34.1 Å². The van der Waals surface area contributed by atoms with E-state index in [2.05, 4.69) is 21.3 Å². The van der Waals surface area contributed by atoms with Gasteiger partial charge in [-0.05, 0) is 50.5 Å². The summed E-state index contributed by atoms with van der Waals surface area (Å²) in [5.41, 5.74) is 16.7. The highest BCUT2D eigenvalue weighted by Crippen LogP contribution is 2.12. The van der Waals surface area contributed by atoms with Gasteiger partial charge >= 0.3 is 11.9 Å². The minimum atomic E-state index is -1.52. The van der Waals surface area contributed by atoms with Crippen molar-refractivity contribution in [3.8, 4) is 0 Å². The third-order valence-corrected chi connectivity index (χ3v) is 6.97. The molecule has 0 aromatic heterocycles. The lowest BCUT2D eigenvalue weighted by Crippen LogP contribution is -2.59. The van der Waals surface area contributed by atoms with Crippen molar-refractivity contribution in [2.75, 3.05) is 6.54 Å². The summed E-state index contributed by atoms with van der Waals surface area (Å²) in [5.74, 6) is -7.17. The van der Waals surface area contributed by atoms with Crippen molar-refractivity contribution in [1.82, 2.24) is 21.3 Å². The molecule has 0 heterocycles. The standard InChI is InChI=1S/C27H49N7O9/c1-5-15(4)22(26(41)33-18(27(42)43)10-12-20(36)37)34-24(39)17(9-11-19(29)35)31-23(38)16(8-6-7-13-28)32-25(40)21(30)14(2)3/h14-18,21-22H,5-13,28,30H2,1-4H3,(H2,29,35)(H,31,38)(H,32,40)(H,33,41)(H,34,39)(H,36,37)(H,42,43). The summed E-state index contributed by atoms with van der Waals surface area (Å²) in [6, 6.07) is -6.10. The number of carbonyl (C=O) groups is 7. The van der Waals surface area contributed by atoms with Gasteiger partial charge in [0, 0.05) is 12.8 Å². The molecule has 0 fully saturated rings. The summed E-state index contributed by atoms with van der Waals surface area (Å²) in [4.78, 5) is 86.4. The van der Waals surface area contributed by atoms with E-state index < -0.39 is 84.0 Å². The predicted molar refractivity (Wildman–Crippen MR) is 156 cm³/mol. The summed E-state index contributed by atoms with van der Waals surface area (Å²) >= 11 is 0. The molecule has 0 bridgehead atoms.